The molecule has 0 aliphatic carbocycles. The van der Waals surface area contributed by atoms with Crippen LogP contribution in [0.15, 0.2) is 6.20 Å². The van der Waals surface area contributed by atoms with Gasteiger partial charge in [0.2, 0.25) is 0 Å². The largest absolute Gasteiger partial charge is 0.384 e. The summed E-state index contributed by atoms with van der Waals surface area (Å²) in [4.78, 5) is 9.05. The predicted octanol–water partition coefficient (Wildman–Crippen LogP) is 3.35. The standard InChI is InChI=1S/C13H16ClF4N3O/c1-12(15,16)10-11(14)20-9(5-19-10)21-4-3-13(17,18)8(6-21)7-22-2/h5,8H,3-4,6-7H2,1-2H3. The smallest absolute Gasteiger partial charge is 0.290 e. The molecule has 124 valence electrons. The number of ether oxygens (including phenoxy) is 1. The Morgan fingerprint density at radius 1 is 1.50 bits per heavy atom. The minimum Gasteiger partial charge on any atom is -0.384 e. The first-order valence-electron chi connectivity index (χ1n) is 6.67. The van der Waals surface area contributed by atoms with Gasteiger partial charge >= 0.3 is 0 Å². The van der Waals surface area contributed by atoms with Gasteiger partial charge in [-0.2, -0.15) is 8.78 Å². The fraction of sp³-hybridized carbons (Fsp3) is 0.692. The maximum Gasteiger partial charge on any atom is 0.290 e. The van der Waals surface area contributed by atoms with Crippen molar-refractivity contribution in [2.24, 2.45) is 5.92 Å². The van der Waals surface area contributed by atoms with Crippen LogP contribution >= 0.6 is 11.6 Å². The van der Waals surface area contributed by atoms with Crippen molar-refractivity contribution >= 4 is 17.4 Å². The summed E-state index contributed by atoms with van der Waals surface area (Å²) in [6.45, 7) is 0.599. The van der Waals surface area contributed by atoms with Gasteiger partial charge in [0.05, 0.1) is 18.7 Å². The maximum atomic E-state index is 13.8. The van der Waals surface area contributed by atoms with Crippen molar-refractivity contribution in [2.45, 2.75) is 25.2 Å². The van der Waals surface area contributed by atoms with Gasteiger partial charge in [0, 0.05) is 33.5 Å². The molecule has 0 saturated carbocycles. The van der Waals surface area contributed by atoms with Crippen LogP contribution in [0.3, 0.4) is 0 Å². The first kappa shape index (κ1) is 17.2. The molecule has 1 unspecified atom stereocenters. The van der Waals surface area contributed by atoms with Crippen molar-refractivity contribution in [1.82, 2.24) is 9.97 Å². The quantitative estimate of drug-likeness (QED) is 0.787. The van der Waals surface area contributed by atoms with Crippen LogP contribution in [0.5, 0.6) is 0 Å². The number of piperidine rings is 1. The van der Waals surface area contributed by atoms with E-state index in [1.165, 1.54) is 7.11 Å². The second-order valence-electron chi connectivity index (χ2n) is 5.37. The van der Waals surface area contributed by atoms with E-state index in [2.05, 4.69) is 9.97 Å². The molecular formula is C13H16ClF4N3O. The highest BCUT2D eigenvalue weighted by molar-refractivity contribution is 6.30. The number of rotatable bonds is 4. The zero-order valence-corrected chi connectivity index (χ0v) is 12.9. The highest BCUT2D eigenvalue weighted by atomic mass is 35.5. The predicted molar refractivity (Wildman–Crippen MR) is 73.8 cm³/mol. The van der Waals surface area contributed by atoms with Crippen LogP contribution < -0.4 is 4.90 Å². The highest BCUT2D eigenvalue weighted by Gasteiger charge is 2.44. The van der Waals surface area contributed by atoms with Gasteiger partial charge in [-0.1, -0.05) is 11.6 Å². The van der Waals surface area contributed by atoms with Gasteiger partial charge in [-0.25, -0.2) is 18.7 Å². The molecule has 0 amide bonds. The van der Waals surface area contributed by atoms with Crippen molar-refractivity contribution < 1.29 is 22.3 Å². The second kappa shape index (κ2) is 6.16. The molecule has 0 N–H and O–H groups in total. The van der Waals surface area contributed by atoms with E-state index in [-0.39, 0.29) is 31.9 Å². The van der Waals surface area contributed by atoms with Gasteiger partial charge in [0.1, 0.15) is 11.5 Å². The van der Waals surface area contributed by atoms with Gasteiger partial charge in [-0.15, -0.1) is 0 Å². The monoisotopic (exact) mass is 341 g/mol. The minimum atomic E-state index is -3.21. The molecule has 1 atom stereocenters. The number of anilines is 1. The summed E-state index contributed by atoms with van der Waals surface area (Å²) in [5, 5.41) is -0.425. The lowest BCUT2D eigenvalue weighted by Crippen LogP contribution is -2.49. The van der Waals surface area contributed by atoms with Crippen LogP contribution in [-0.4, -0.2) is 42.7 Å². The summed E-state index contributed by atoms with van der Waals surface area (Å²) in [5.41, 5.74) is -0.631. The first-order chi connectivity index (χ1) is 10.1. The van der Waals surface area contributed by atoms with Crippen LogP contribution in [0, 0.1) is 5.92 Å². The molecule has 1 aromatic rings. The lowest BCUT2D eigenvalue weighted by Gasteiger charge is -2.38. The van der Waals surface area contributed by atoms with Gasteiger partial charge < -0.3 is 9.64 Å². The molecule has 0 aromatic carbocycles. The van der Waals surface area contributed by atoms with Crippen molar-refractivity contribution in [1.29, 1.82) is 0 Å². The lowest BCUT2D eigenvalue weighted by atomic mass is 9.94. The summed E-state index contributed by atoms with van der Waals surface area (Å²) in [6.07, 6.45) is 0.762. The number of hydrogen-bond donors (Lipinski definition) is 0. The van der Waals surface area contributed by atoms with Gasteiger partial charge in [-0.3, -0.25) is 0 Å². The Labute approximate surface area is 130 Å². The van der Waals surface area contributed by atoms with Crippen LogP contribution in [0.2, 0.25) is 5.15 Å². The number of nitrogens with zero attached hydrogens (tertiary/aromatic N) is 3. The lowest BCUT2D eigenvalue weighted by molar-refractivity contribution is -0.0934. The van der Waals surface area contributed by atoms with Crippen LogP contribution in [0.4, 0.5) is 23.4 Å². The minimum absolute atomic E-state index is 0.00624. The van der Waals surface area contributed by atoms with Gasteiger partial charge in [0.25, 0.3) is 11.8 Å². The first-order valence-corrected chi connectivity index (χ1v) is 7.05. The third-order valence-corrected chi connectivity index (χ3v) is 3.84. The van der Waals surface area contributed by atoms with Crippen LogP contribution in [0.1, 0.15) is 19.0 Å². The second-order valence-corrected chi connectivity index (χ2v) is 5.72. The fourth-order valence-electron chi connectivity index (χ4n) is 2.37. The Balaban J connectivity index is 2.21. The molecule has 1 saturated heterocycles. The Morgan fingerprint density at radius 2 is 2.18 bits per heavy atom. The summed E-state index contributed by atoms with van der Waals surface area (Å²) >= 11 is 5.73. The molecule has 2 heterocycles. The molecule has 4 nitrogen and oxygen atoms in total. The molecule has 0 radical (unpaired) electrons. The third-order valence-electron chi connectivity index (χ3n) is 3.58. The SMILES string of the molecule is COCC1CN(c2cnc(C(C)(F)F)c(Cl)n2)CCC1(F)F. The summed E-state index contributed by atoms with van der Waals surface area (Å²) in [6, 6.07) is 0. The van der Waals surface area contributed by atoms with Crippen molar-refractivity contribution in [2.75, 3.05) is 31.7 Å². The van der Waals surface area contributed by atoms with Crippen molar-refractivity contribution in [3.8, 4) is 0 Å². The molecule has 9 heteroatoms. The number of alkyl halides is 4. The summed E-state index contributed by atoms with van der Waals surface area (Å²) in [7, 11) is 1.35. The highest BCUT2D eigenvalue weighted by Crippen LogP contribution is 2.36. The Bertz CT molecular complexity index is 539. The normalized spacial score (nSPS) is 22.0. The zero-order valence-electron chi connectivity index (χ0n) is 12.1. The van der Waals surface area contributed by atoms with Gasteiger partial charge in [-0.05, 0) is 0 Å². The van der Waals surface area contributed by atoms with Crippen molar-refractivity contribution in [3.63, 3.8) is 0 Å². The van der Waals surface area contributed by atoms with Crippen LogP contribution in [-0.2, 0) is 10.7 Å². The Kier molecular flexibility index (Phi) is 4.81. The number of methoxy groups -OCH3 is 1. The summed E-state index contributed by atoms with van der Waals surface area (Å²) in [5.74, 6) is -6.84. The van der Waals surface area contributed by atoms with E-state index in [1.807, 2.05) is 0 Å². The summed E-state index contributed by atoms with van der Waals surface area (Å²) < 4.78 is 58.8. The molecule has 1 aromatic heterocycles. The van der Waals surface area contributed by atoms with E-state index >= 15 is 0 Å². The van der Waals surface area contributed by atoms with E-state index in [0.29, 0.717) is 6.92 Å². The average molecular weight is 342 g/mol. The van der Waals surface area contributed by atoms with E-state index < -0.39 is 28.6 Å². The molecule has 1 fully saturated rings. The molecule has 0 bridgehead atoms. The topological polar surface area (TPSA) is 38.2 Å². The molecule has 0 spiro atoms. The van der Waals surface area contributed by atoms with E-state index in [1.54, 1.807) is 4.90 Å². The molecule has 22 heavy (non-hydrogen) atoms. The van der Waals surface area contributed by atoms with E-state index in [9.17, 15) is 17.6 Å². The molecule has 1 aliphatic rings. The van der Waals surface area contributed by atoms with E-state index in [0.717, 1.165) is 6.20 Å². The van der Waals surface area contributed by atoms with E-state index in [4.69, 9.17) is 16.3 Å². The van der Waals surface area contributed by atoms with Crippen molar-refractivity contribution in [3.05, 3.63) is 17.0 Å². The molecule has 2 rings (SSSR count). The third kappa shape index (κ3) is 3.60. The maximum absolute atomic E-state index is 13.8. The van der Waals surface area contributed by atoms with Crippen LogP contribution in [0.25, 0.3) is 0 Å². The number of aromatic nitrogens is 2. The zero-order chi connectivity index (χ0) is 16.5. The molecule has 1 aliphatic heterocycles. The molecular weight excluding hydrogens is 326 g/mol. The Morgan fingerprint density at radius 3 is 2.73 bits per heavy atom. The fourth-order valence-corrected chi connectivity index (χ4v) is 2.67. The number of hydrogen-bond acceptors (Lipinski definition) is 4. The average Bonchev–Trinajstić information content (AvgIpc) is 2.39. The Hall–Kier alpha value is -1.15. The van der Waals surface area contributed by atoms with Gasteiger partial charge in [0.15, 0.2) is 5.15 Å². The number of halogens is 5.